The lowest BCUT2D eigenvalue weighted by atomic mass is 10.3. The fourth-order valence-electron chi connectivity index (χ4n) is 1.17. The van der Waals surface area contributed by atoms with Crippen LogP contribution in [-0.2, 0) is 0 Å². The van der Waals surface area contributed by atoms with Gasteiger partial charge in [0.25, 0.3) is 0 Å². The molecule has 15 heavy (non-hydrogen) atoms. The van der Waals surface area contributed by atoms with E-state index in [0.29, 0.717) is 17.3 Å². The Morgan fingerprint density at radius 1 is 1.13 bits per heavy atom. The molecule has 0 atom stereocenters. The van der Waals surface area contributed by atoms with E-state index in [9.17, 15) is 4.39 Å². The Labute approximate surface area is 87.4 Å². The van der Waals surface area contributed by atoms with Crippen LogP contribution in [0.4, 0.5) is 4.39 Å². The molecule has 0 saturated heterocycles. The van der Waals surface area contributed by atoms with Crippen molar-refractivity contribution in [3.05, 3.63) is 60.9 Å². The van der Waals surface area contributed by atoms with E-state index >= 15 is 0 Å². The van der Waals surface area contributed by atoms with E-state index in [2.05, 4.69) is 11.9 Å². The first-order chi connectivity index (χ1) is 7.24. The quantitative estimate of drug-likeness (QED) is 0.746. The lowest BCUT2D eigenvalue weighted by molar-refractivity contribution is 0.457. The van der Waals surface area contributed by atoms with Crippen LogP contribution in [0.5, 0.6) is 11.6 Å². The van der Waals surface area contributed by atoms with Gasteiger partial charge in [0.15, 0.2) is 0 Å². The van der Waals surface area contributed by atoms with Gasteiger partial charge in [-0.05, 0) is 25.1 Å². The van der Waals surface area contributed by atoms with Crippen molar-refractivity contribution >= 4 is 0 Å². The van der Waals surface area contributed by atoms with Crippen molar-refractivity contribution in [1.82, 2.24) is 4.98 Å². The average Bonchev–Trinajstić information content (AvgIpc) is 2.17. The van der Waals surface area contributed by atoms with Gasteiger partial charge in [-0.2, -0.15) is 0 Å². The number of pyridine rings is 1. The van der Waals surface area contributed by atoms with Gasteiger partial charge in [-0.3, -0.25) is 0 Å². The molecule has 0 saturated carbocycles. The summed E-state index contributed by atoms with van der Waals surface area (Å²) >= 11 is 0. The number of halogens is 1. The summed E-state index contributed by atoms with van der Waals surface area (Å²) in [6.45, 7) is 3.68. The van der Waals surface area contributed by atoms with Crippen molar-refractivity contribution in [1.29, 1.82) is 0 Å². The largest absolute Gasteiger partial charge is 0.439 e. The van der Waals surface area contributed by atoms with Crippen LogP contribution >= 0.6 is 0 Å². The van der Waals surface area contributed by atoms with E-state index in [0.717, 1.165) is 0 Å². The van der Waals surface area contributed by atoms with Crippen molar-refractivity contribution in [3.63, 3.8) is 0 Å². The van der Waals surface area contributed by atoms with Gasteiger partial charge < -0.3 is 4.74 Å². The van der Waals surface area contributed by atoms with Crippen molar-refractivity contribution in [2.45, 2.75) is 0 Å². The Morgan fingerprint density at radius 2 is 1.93 bits per heavy atom. The number of aromatic nitrogens is 1. The summed E-state index contributed by atoms with van der Waals surface area (Å²) in [7, 11) is 0. The maximum Gasteiger partial charge on any atom is 0.219 e. The third kappa shape index (κ3) is 2.53. The molecule has 2 aromatic rings. The third-order valence-electron chi connectivity index (χ3n) is 1.80. The Balaban J connectivity index is 2.22. The highest BCUT2D eigenvalue weighted by molar-refractivity contribution is 5.28. The maximum absolute atomic E-state index is 12.8. The summed E-state index contributed by atoms with van der Waals surface area (Å²) in [5, 5.41) is 0. The minimum atomic E-state index is -0.335. The molecule has 0 amide bonds. The summed E-state index contributed by atoms with van der Waals surface area (Å²) in [6, 6.07) is 11.1. The molecule has 2 nitrogen and oxygen atoms in total. The normalized spacial score (nSPS) is 10.0. The van der Waals surface area contributed by atoms with Crippen LogP contribution in [0.2, 0.25) is 0 Å². The van der Waals surface area contributed by atoms with E-state index in [1.54, 1.807) is 30.3 Å². The van der Waals surface area contributed by atoms with E-state index < -0.39 is 0 Å². The smallest absolute Gasteiger partial charge is 0.219 e. The van der Waals surface area contributed by atoms with Crippen LogP contribution < -0.4 is 4.74 Å². The molecule has 75 valence electrons. The zero-order chi connectivity index (χ0) is 10.7. The minimum Gasteiger partial charge on any atom is -0.439 e. The summed E-state index contributed by atoms with van der Waals surface area (Å²) in [5.74, 6) is 0.500. The second kappa shape index (κ2) is 4.09. The monoisotopic (exact) mass is 202 g/mol. The van der Waals surface area contributed by atoms with E-state index in [4.69, 9.17) is 4.74 Å². The first kappa shape index (κ1) is 9.65. The molecule has 1 aromatic heterocycles. The second-order valence-corrected chi connectivity index (χ2v) is 3.03. The molecule has 0 aliphatic carbocycles. The van der Waals surface area contributed by atoms with E-state index in [-0.39, 0.29) is 5.82 Å². The van der Waals surface area contributed by atoms with E-state index in [1.807, 2.05) is 0 Å². The average molecular weight is 202 g/mol. The third-order valence-corrected chi connectivity index (χ3v) is 1.80. The topological polar surface area (TPSA) is 22.1 Å². The first-order valence-corrected chi connectivity index (χ1v) is 4.46. The number of hydrogen-bond donors (Lipinski definition) is 0. The molecule has 0 unspecified atom stereocenters. The molecule has 3 heteroatoms. The van der Waals surface area contributed by atoms with Crippen molar-refractivity contribution < 1.29 is 9.13 Å². The molecule has 0 aliphatic rings. The van der Waals surface area contributed by atoms with E-state index in [1.165, 1.54) is 12.1 Å². The number of ether oxygens (including phenoxy) is 1. The Kier molecular flexibility index (Phi) is 2.63. The molecule has 0 aliphatic heterocycles. The lowest BCUT2D eigenvalue weighted by Crippen LogP contribution is -1.89. The summed E-state index contributed by atoms with van der Waals surface area (Å²) in [5.41, 5.74) is 0.615. The second-order valence-electron chi connectivity index (χ2n) is 3.03. The first-order valence-electron chi connectivity index (χ1n) is 4.46. The molecule has 0 fully saturated rings. The zero-order valence-electron chi connectivity index (χ0n) is 7.98. The van der Waals surface area contributed by atoms with Crippen LogP contribution in [0.15, 0.2) is 42.5 Å². The Bertz CT molecular complexity index is 427. The Hall–Kier alpha value is -1.90. The van der Waals surface area contributed by atoms with Gasteiger partial charge in [-0.15, -0.1) is 0 Å². The molecular formula is C12H9FNO. The summed E-state index contributed by atoms with van der Waals surface area (Å²) < 4.78 is 18.2. The maximum atomic E-state index is 12.8. The SMILES string of the molecule is [CH2]c1cccc(Oc2cccc(F)c2)n1. The number of rotatable bonds is 2. The minimum absolute atomic E-state index is 0.335. The van der Waals surface area contributed by atoms with Crippen LogP contribution in [0, 0.1) is 12.7 Å². The van der Waals surface area contributed by atoms with Gasteiger partial charge in [-0.1, -0.05) is 12.1 Å². The fraction of sp³-hybridized carbons (Fsp3) is 0. The number of hydrogen-bond acceptors (Lipinski definition) is 2. The molecule has 0 N–H and O–H groups in total. The van der Waals surface area contributed by atoms with Gasteiger partial charge in [0, 0.05) is 17.8 Å². The number of benzene rings is 1. The molecule has 0 spiro atoms. The molecular weight excluding hydrogens is 193 g/mol. The molecule has 1 aromatic carbocycles. The highest BCUT2D eigenvalue weighted by Gasteiger charge is 1.99. The molecule has 1 heterocycles. The van der Waals surface area contributed by atoms with Gasteiger partial charge in [-0.25, -0.2) is 9.37 Å². The van der Waals surface area contributed by atoms with Crippen LogP contribution in [0.25, 0.3) is 0 Å². The number of nitrogens with zero attached hydrogens (tertiary/aromatic N) is 1. The standard InChI is InChI=1S/C12H9FNO/c1-9-4-2-7-12(14-9)15-11-6-3-5-10(13)8-11/h2-8H,1H2. The van der Waals surface area contributed by atoms with Crippen LogP contribution in [0.3, 0.4) is 0 Å². The summed E-state index contributed by atoms with van der Waals surface area (Å²) in [6.07, 6.45) is 0. The van der Waals surface area contributed by atoms with Crippen molar-refractivity contribution in [2.24, 2.45) is 0 Å². The molecule has 1 radical (unpaired) electrons. The highest BCUT2D eigenvalue weighted by atomic mass is 19.1. The summed E-state index contributed by atoms with van der Waals surface area (Å²) in [4.78, 5) is 4.04. The Morgan fingerprint density at radius 3 is 2.67 bits per heavy atom. The van der Waals surface area contributed by atoms with Gasteiger partial charge in [0.05, 0.1) is 0 Å². The lowest BCUT2D eigenvalue weighted by Gasteiger charge is -2.04. The van der Waals surface area contributed by atoms with Crippen LogP contribution in [0.1, 0.15) is 5.69 Å². The van der Waals surface area contributed by atoms with Gasteiger partial charge >= 0.3 is 0 Å². The predicted octanol–water partition coefficient (Wildman–Crippen LogP) is 3.20. The van der Waals surface area contributed by atoms with Gasteiger partial charge in [0.2, 0.25) is 5.88 Å². The fourth-order valence-corrected chi connectivity index (χ4v) is 1.17. The molecule has 0 bridgehead atoms. The van der Waals surface area contributed by atoms with Crippen LogP contribution in [-0.4, -0.2) is 4.98 Å². The molecule has 2 rings (SSSR count). The highest BCUT2D eigenvalue weighted by Crippen LogP contribution is 2.19. The predicted molar refractivity (Wildman–Crippen MR) is 55.2 cm³/mol. The van der Waals surface area contributed by atoms with Gasteiger partial charge in [0.1, 0.15) is 11.6 Å². The van der Waals surface area contributed by atoms with Crippen molar-refractivity contribution in [3.8, 4) is 11.6 Å². The van der Waals surface area contributed by atoms with Crippen molar-refractivity contribution in [2.75, 3.05) is 0 Å². The zero-order valence-corrected chi connectivity index (χ0v) is 7.98.